The first-order chi connectivity index (χ1) is 8.69. The molecule has 18 heavy (non-hydrogen) atoms. The number of hydrogen-bond acceptors (Lipinski definition) is 4. The minimum absolute atomic E-state index is 0.00101. The number of carbonyl (C=O) groups excluding carboxylic acids is 3. The van der Waals surface area contributed by atoms with E-state index in [4.69, 9.17) is 0 Å². The molecular weight excluding hydrogens is 252 g/mol. The maximum absolute atomic E-state index is 11.3. The molecule has 0 aliphatic carbocycles. The molecule has 0 saturated carbocycles. The Kier molecular flexibility index (Phi) is 3.99. The average Bonchev–Trinajstić information content (AvgIpc) is 2.38. The molecule has 94 valence electrons. The third kappa shape index (κ3) is 3.10. The van der Waals surface area contributed by atoms with E-state index < -0.39 is 5.91 Å². The molecule has 0 aromatic heterocycles. The third-order valence-corrected chi connectivity index (χ3v) is 3.57. The van der Waals surface area contributed by atoms with Gasteiger partial charge in [0.15, 0.2) is 0 Å². The molecule has 1 aromatic carbocycles. The summed E-state index contributed by atoms with van der Waals surface area (Å²) in [4.78, 5) is 33.2. The van der Waals surface area contributed by atoms with Crippen LogP contribution in [-0.2, 0) is 20.8 Å². The fraction of sp³-hybridized carbons (Fsp3) is 0.250. The minimum Gasteiger partial charge on any atom is -0.349 e. The van der Waals surface area contributed by atoms with Crippen LogP contribution in [0.2, 0.25) is 0 Å². The first-order valence-corrected chi connectivity index (χ1v) is 6.46. The van der Waals surface area contributed by atoms with Gasteiger partial charge < -0.3 is 10.6 Å². The fourth-order valence-electron chi connectivity index (χ4n) is 1.66. The highest BCUT2D eigenvalue weighted by atomic mass is 32.2. The maximum Gasteiger partial charge on any atom is 0.284 e. The van der Waals surface area contributed by atoms with E-state index in [-0.39, 0.29) is 12.2 Å². The smallest absolute Gasteiger partial charge is 0.284 e. The SMILES string of the molecule is O=CC(=O)NCCc1ccc2c(c1)NC(=O)CS2. The van der Waals surface area contributed by atoms with Crippen molar-refractivity contribution in [1.29, 1.82) is 0 Å². The minimum atomic E-state index is -0.614. The Balaban J connectivity index is 1.98. The quantitative estimate of drug-likeness (QED) is 0.616. The highest BCUT2D eigenvalue weighted by molar-refractivity contribution is 8.00. The molecule has 1 aliphatic heterocycles. The number of nitrogens with one attached hydrogen (secondary N) is 2. The number of anilines is 1. The van der Waals surface area contributed by atoms with Crippen LogP contribution in [-0.4, -0.2) is 30.4 Å². The maximum atomic E-state index is 11.3. The van der Waals surface area contributed by atoms with Crippen molar-refractivity contribution in [3.8, 4) is 0 Å². The summed E-state index contributed by atoms with van der Waals surface area (Å²) < 4.78 is 0. The van der Waals surface area contributed by atoms with Crippen molar-refractivity contribution >= 4 is 35.5 Å². The van der Waals surface area contributed by atoms with Crippen LogP contribution in [0.15, 0.2) is 23.1 Å². The molecule has 0 fully saturated rings. The Hall–Kier alpha value is -1.82. The van der Waals surface area contributed by atoms with Crippen LogP contribution < -0.4 is 10.6 Å². The van der Waals surface area contributed by atoms with E-state index in [1.54, 1.807) is 0 Å². The molecular formula is C12H12N2O3S. The molecule has 0 radical (unpaired) electrons. The standard InChI is InChI=1S/C12H12N2O3S/c15-6-11(16)13-4-3-8-1-2-10-9(5-8)14-12(17)7-18-10/h1-2,5-6H,3-4,7H2,(H,13,16)(H,14,17). The number of hydrogen-bond donors (Lipinski definition) is 2. The average molecular weight is 264 g/mol. The number of thioether (sulfide) groups is 1. The van der Waals surface area contributed by atoms with Crippen LogP contribution in [0.1, 0.15) is 5.56 Å². The number of benzene rings is 1. The van der Waals surface area contributed by atoms with Gasteiger partial charge in [-0.1, -0.05) is 6.07 Å². The molecule has 2 amide bonds. The molecule has 5 nitrogen and oxygen atoms in total. The van der Waals surface area contributed by atoms with Gasteiger partial charge in [-0.25, -0.2) is 0 Å². The van der Waals surface area contributed by atoms with Crippen LogP contribution >= 0.6 is 11.8 Å². The zero-order chi connectivity index (χ0) is 13.0. The summed E-state index contributed by atoms with van der Waals surface area (Å²) in [5, 5.41) is 5.28. The highest BCUT2D eigenvalue weighted by Gasteiger charge is 2.15. The fourth-order valence-corrected chi connectivity index (χ4v) is 2.45. The van der Waals surface area contributed by atoms with Gasteiger partial charge >= 0.3 is 0 Å². The van der Waals surface area contributed by atoms with Gasteiger partial charge in [-0.15, -0.1) is 11.8 Å². The second-order valence-electron chi connectivity index (χ2n) is 3.83. The van der Waals surface area contributed by atoms with Crippen LogP contribution in [0.3, 0.4) is 0 Å². The molecule has 1 aromatic rings. The van der Waals surface area contributed by atoms with Crippen molar-refractivity contribution < 1.29 is 14.4 Å². The highest BCUT2D eigenvalue weighted by Crippen LogP contribution is 2.31. The first-order valence-electron chi connectivity index (χ1n) is 5.47. The van der Waals surface area contributed by atoms with Crippen LogP contribution in [0.25, 0.3) is 0 Å². The molecule has 0 bridgehead atoms. The summed E-state index contributed by atoms with van der Waals surface area (Å²) in [5.41, 5.74) is 1.82. The molecule has 0 atom stereocenters. The molecule has 2 rings (SSSR count). The van der Waals surface area contributed by atoms with Crippen molar-refractivity contribution in [1.82, 2.24) is 5.32 Å². The van der Waals surface area contributed by atoms with Gasteiger partial charge in [0.25, 0.3) is 5.91 Å². The monoisotopic (exact) mass is 264 g/mol. The number of rotatable bonds is 4. The Bertz CT molecular complexity index is 502. The topological polar surface area (TPSA) is 75.3 Å². The molecule has 1 heterocycles. The van der Waals surface area contributed by atoms with Crippen molar-refractivity contribution in [2.75, 3.05) is 17.6 Å². The van der Waals surface area contributed by atoms with E-state index in [1.165, 1.54) is 11.8 Å². The second-order valence-corrected chi connectivity index (χ2v) is 4.84. The Morgan fingerprint density at radius 2 is 2.33 bits per heavy atom. The zero-order valence-electron chi connectivity index (χ0n) is 9.56. The molecule has 0 spiro atoms. The summed E-state index contributed by atoms with van der Waals surface area (Å²) >= 11 is 1.51. The Morgan fingerprint density at radius 1 is 1.50 bits per heavy atom. The van der Waals surface area contributed by atoms with Crippen LogP contribution in [0, 0.1) is 0 Å². The van der Waals surface area contributed by atoms with E-state index in [1.807, 2.05) is 18.2 Å². The largest absolute Gasteiger partial charge is 0.349 e. The van der Waals surface area contributed by atoms with Crippen molar-refractivity contribution in [3.63, 3.8) is 0 Å². The first kappa shape index (κ1) is 12.6. The Morgan fingerprint density at radius 3 is 3.11 bits per heavy atom. The van der Waals surface area contributed by atoms with Crippen molar-refractivity contribution in [3.05, 3.63) is 23.8 Å². The van der Waals surface area contributed by atoms with E-state index in [2.05, 4.69) is 10.6 Å². The van der Waals surface area contributed by atoms with Gasteiger partial charge in [0, 0.05) is 11.4 Å². The lowest BCUT2D eigenvalue weighted by Gasteiger charge is -2.17. The number of amides is 2. The number of fused-ring (bicyclic) bond motifs is 1. The van der Waals surface area contributed by atoms with Crippen molar-refractivity contribution in [2.24, 2.45) is 0 Å². The van der Waals surface area contributed by atoms with Gasteiger partial charge in [0.05, 0.1) is 11.4 Å². The molecule has 2 N–H and O–H groups in total. The lowest BCUT2D eigenvalue weighted by molar-refractivity contribution is -0.131. The summed E-state index contributed by atoms with van der Waals surface area (Å²) in [5.74, 6) is -0.169. The Labute approximate surface area is 108 Å². The van der Waals surface area contributed by atoms with Gasteiger partial charge in [0.1, 0.15) is 0 Å². The molecule has 0 unspecified atom stereocenters. The third-order valence-electron chi connectivity index (χ3n) is 2.50. The zero-order valence-corrected chi connectivity index (χ0v) is 10.4. The van der Waals surface area contributed by atoms with Crippen LogP contribution in [0.5, 0.6) is 0 Å². The lowest BCUT2D eigenvalue weighted by Crippen LogP contribution is -2.26. The van der Waals surface area contributed by atoms with E-state index in [9.17, 15) is 14.4 Å². The predicted octanol–water partition coefficient (Wildman–Crippen LogP) is 0.588. The molecule has 0 saturated heterocycles. The second kappa shape index (κ2) is 5.68. The number of aldehydes is 1. The van der Waals surface area contributed by atoms with Gasteiger partial charge in [-0.2, -0.15) is 0 Å². The van der Waals surface area contributed by atoms with Gasteiger partial charge in [-0.05, 0) is 24.1 Å². The van der Waals surface area contributed by atoms with E-state index in [0.29, 0.717) is 18.7 Å². The van der Waals surface area contributed by atoms with E-state index >= 15 is 0 Å². The van der Waals surface area contributed by atoms with Gasteiger partial charge in [0.2, 0.25) is 12.2 Å². The summed E-state index contributed by atoms with van der Waals surface area (Å²) in [7, 11) is 0. The van der Waals surface area contributed by atoms with Crippen LogP contribution in [0.4, 0.5) is 5.69 Å². The van der Waals surface area contributed by atoms with Gasteiger partial charge in [-0.3, -0.25) is 14.4 Å². The molecule has 1 aliphatic rings. The summed E-state index contributed by atoms with van der Waals surface area (Å²) in [6, 6.07) is 5.80. The summed E-state index contributed by atoms with van der Waals surface area (Å²) in [6.07, 6.45) is 0.872. The van der Waals surface area contributed by atoms with Crippen molar-refractivity contribution in [2.45, 2.75) is 11.3 Å². The normalized spacial score (nSPS) is 13.4. The van der Waals surface area contributed by atoms with E-state index in [0.717, 1.165) is 16.1 Å². The number of carbonyl (C=O) groups is 3. The lowest BCUT2D eigenvalue weighted by atomic mass is 10.1. The predicted molar refractivity (Wildman–Crippen MR) is 68.6 cm³/mol. The summed E-state index contributed by atoms with van der Waals surface area (Å²) in [6.45, 7) is 0.400. The molecule has 6 heteroatoms.